The molecule has 4 nitrogen and oxygen atoms in total. The molecule has 0 aromatic carbocycles. The fraction of sp³-hybridized carbons (Fsp3) is 0.688. The Labute approximate surface area is 121 Å². The molecule has 1 aliphatic carbocycles. The molecule has 0 aliphatic heterocycles. The summed E-state index contributed by atoms with van der Waals surface area (Å²) in [5, 5.41) is 3.10. The van der Waals surface area contributed by atoms with Crippen LogP contribution in [0.25, 0.3) is 0 Å². The van der Waals surface area contributed by atoms with Crippen molar-refractivity contribution >= 4 is 5.91 Å². The third kappa shape index (κ3) is 3.23. The zero-order valence-electron chi connectivity index (χ0n) is 13.0. The van der Waals surface area contributed by atoms with Crippen molar-refractivity contribution in [3.8, 4) is 0 Å². The molecule has 0 spiro atoms. The Morgan fingerprint density at radius 3 is 2.95 bits per heavy atom. The van der Waals surface area contributed by atoms with Crippen LogP contribution in [0.15, 0.2) is 10.5 Å². The van der Waals surface area contributed by atoms with E-state index in [1.165, 1.54) is 0 Å². The standard InChI is InChI=1S/C16H26N2O2/c1-5-6-12(17)15(19)18-13-8-16(3,4)9-14-11(13)7-10(2)20-14/h7,12-13H,5-6,8-9,17H2,1-4H3,(H,18,19). The van der Waals surface area contributed by atoms with Crippen LogP contribution in [0.1, 0.15) is 63.2 Å². The van der Waals surface area contributed by atoms with Crippen LogP contribution in [0.4, 0.5) is 0 Å². The number of fused-ring (bicyclic) bond motifs is 1. The van der Waals surface area contributed by atoms with Gasteiger partial charge in [0.1, 0.15) is 11.5 Å². The van der Waals surface area contributed by atoms with Crippen LogP contribution in [0.3, 0.4) is 0 Å². The molecule has 20 heavy (non-hydrogen) atoms. The Morgan fingerprint density at radius 2 is 2.30 bits per heavy atom. The van der Waals surface area contributed by atoms with E-state index in [1.54, 1.807) is 0 Å². The number of furan rings is 1. The van der Waals surface area contributed by atoms with Crippen molar-refractivity contribution in [1.29, 1.82) is 0 Å². The van der Waals surface area contributed by atoms with Gasteiger partial charge in [-0.25, -0.2) is 0 Å². The first-order chi connectivity index (χ1) is 9.32. The number of nitrogens with two attached hydrogens (primary N) is 1. The van der Waals surface area contributed by atoms with Crippen LogP contribution in [0, 0.1) is 12.3 Å². The first kappa shape index (κ1) is 15.1. The molecule has 0 radical (unpaired) electrons. The van der Waals surface area contributed by atoms with E-state index in [-0.39, 0.29) is 17.4 Å². The second-order valence-corrected chi connectivity index (χ2v) is 6.74. The van der Waals surface area contributed by atoms with E-state index in [0.717, 1.165) is 42.8 Å². The third-order valence-electron chi connectivity index (χ3n) is 3.99. The lowest BCUT2D eigenvalue weighted by Crippen LogP contribution is -2.44. The van der Waals surface area contributed by atoms with Gasteiger partial charge in [-0.15, -0.1) is 0 Å². The van der Waals surface area contributed by atoms with Crippen LogP contribution in [0.2, 0.25) is 0 Å². The van der Waals surface area contributed by atoms with E-state index < -0.39 is 6.04 Å². The number of aryl methyl sites for hydroxylation is 1. The highest BCUT2D eigenvalue weighted by Crippen LogP contribution is 2.41. The lowest BCUT2D eigenvalue weighted by atomic mass is 9.74. The highest BCUT2D eigenvalue weighted by molar-refractivity contribution is 5.81. The van der Waals surface area contributed by atoms with Crippen molar-refractivity contribution in [3.63, 3.8) is 0 Å². The predicted octanol–water partition coefficient (Wildman–Crippen LogP) is 2.85. The summed E-state index contributed by atoms with van der Waals surface area (Å²) in [5.74, 6) is 1.86. The van der Waals surface area contributed by atoms with Crippen molar-refractivity contribution in [2.75, 3.05) is 0 Å². The van der Waals surface area contributed by atoms with Gasteiger partial charge in [0.25, 0.3) is 0 Å². The van der Waals surface area contributed by atoms with Gasteiger partial charge in [-0.3, -0.25) is 4.79 Å². The van der Waals surface area contributed by atoms with E-state index in [0.29, 0.717) is 0 Å². The molecule has 1 aliphatic rings. The summed E-state index contributed by atoms with van der Waals surface area (Å²) in [5.41, 5.74) is 7.16. The summed E-state index contributed by atoms with van der Waals surface area (Å²) in [7, 11) is 0. The van der Waals surface area contributed by atoms with Gasteiger partial charge in [-0.2, -0.15) is 0 Å². The number of carbonyl (C=O) groups is 1. The van der Waals surface area contributed by atoms with Crippen molar-refractivity contribution in [1.82, 2.24) is 5.32 Å². The minimum Gasteiger partial charge on any atom is -0.466 e. The average molecular weight is 278 g/mol. The Kier molecular flexibility index (Phi) is 4.23. The Hall–Kier alpha value is -1.29. The number of hydrogen-bond donors (Lipinski definition) is 2. The molecule has 2 unspecified atom stereocenters. The highest BCUT2D eigenvalue weighted by atomic mass is 16.3. The zero-order valence-corrected chi connectivity index (χ0v) is 13.0. The van der Waals surface area contributed by atoms with Gasteiger partial charge < -0.3 is 15.5 Å². The quantitative estimate of drug-likeness (QED) is 0.890. The molecule has 2 atom stereocenters. The van der Waals surface area contributed by atoms with Crippen LogP contribution in [-0.4, -0.2) is 11.9 Å². The van der Waals surface area contributed by atoms with E-state index in [4.69, 9.17) is 10.2 Å². The zero-order chi connectivity index (χ0) is 14.9. The number of carbonyl (C=O) groups excluding carboxylic acids is 1. The Balaban J connectivity index is 2.17. The first-order valence-electron chi connectivity index (χ1n) is 7.47. The molecule has 0 saturated carbocycles. The van der Waals surface area contributed by atoms with Crippen LogP contribution >= 0.6 is 0 Å². The van der Waals surface area contributed by atoms with Gasteiger partial charge in [0.05, 0.1) is 12.1 Å². The van der Waals surface area contributed by atoms with Crippen LogP contribution in [0.5, 0.6) is 0 Å². The third-order valence-corrected chi connectivity index (χ3v) is 3.99. The summed E-state index contributed by atoms with van der Waals surface area (Å²) < 4.78 is 5.78. The molecule has 4 heteroatoms. The molecular formula is C16H26N2O2. The van der Waals surface area contributed by atoms with Gasteiger partial charge in [0.15, 0.2) is 0 Å². The molecule has 3 N–H and O–H groups in total. The molecule has 2 rings (SSSR count). The molecule has 1 heterocycles. The molecular weight excluding hydrogens is 252 g/mol. The van der Waals surface area contributed by atoms with E-state index in [2.05, 4.69) is 19.2 Å². The van der Waals surface area contributed by atoms with E-state index in [9.17, 15) is 4.79 Å². The van der Waals surface area contributed by atoms with Gasteiger partial charge in [-0.05, 0) is 31.2 Å². The minimum atomic E-state index is -0.415. The first-order valence-corrected chi connectivity index (χ1v) is 7.47. The Bertz CT molecular complexity index is 491. The van der Waals surface area contributed by atoms with Gasteiger partial charge >= 0.3 is 0 Å². The van der Waals surface area contributed by atoms with E-state index >= 15 is 0 Å². The van der Waals surface area contributed by atoms with Gasteiger partial charge in [0.2, 0.25) is 5.91 Å². The molecule has 0 saturated heterocycles. The van der Waals surface area contributed by atoms with Crippen molar-refractivity contribution in [2.45, 2.75) is 65.5 Å². The van der Waals surface area contributed by atoms with Crippen molar-refractivity contribution < 1.29 is 9.21 Å². The smallest absolute Gasteiger partial charge is 0.237 e. The fourth-order valence-corrected chi connectivity index (χ4v) is 3.03. The largest absolute Gasteiger partial charge is 0.466 e. The lowest BCUT2D eigenvalue weighted by Gasteiger charge is -2.35. The number of rotatable bonds is 4. The SMILES string of the molecule is CCCC(N)C(=O)NC1CC(C)(C)Cc2oc(C)cc21. The molecule has 1 amide bonds. The summed E-state index contributed by atoms with van der Waals surface area (Å²) in [6.45, 7) is 8.40. The summed E-state index contributed by atoms with van der Waals surface area (Å²) >= 11 is 0. The topological polar surface area (TPSA) is 68.3 Å². The maximum absolute atomic E-state index is 12.2. The molecule has 0 fully saturated rings. The number of amides is 1. The van der Waals surface area contributed by atoms with Gasteiger partial charge in [0, 0.05) is 12.0 Å². The Morgan fingerprint density at radius 1 is 1.60 bits per heavy atom. The highest BCUT2D eigenvalue weighted by Gasteiger charge is 2.36. The predicted molar refractivity (Wildman–Crippen MR) is 79.3 cm³/mol. The summed E-state index contributed by atoms with van der Waals surface area (Å²) in [6.07, 6.45) is 3.48. The lowest BCUT2D eigenvalue weighted by molar-refractivity contribution is -0.123. The normalized spacial score (nSPS) is 22.1. The van der Waals surface area contributed by atoms with E-state index in [1.807, 2.05) is 19.9 Å². The van der Waals surface area contributed by atoms with Gasteiger partial charge in [-0.1, -0.05) is 27.2 Å². The average Bonchev–Trinajstić information content (AvgIpc) is 2.68. The maximum Gasteiger partial charge on any atom is 0.237 e. The summed E-state index contributed by atoms with van der Waals surface area (Å²) in [4.78, 5) is 12.2. The van der Waals surface area contributed by atoms with Crippen molar-refractivity contribution in [3.05, 3.63) is 23.2 Å². The molecule has 0 bridgehead atoms. The van der Waals surface area contributed by atoms with Crippen LogP contribution in [-0.2, 0) is 11.2 Å². The molecule has 112 valence electrons. The molecule has 1 aromatic heterocycles. The maximum atomic E-state index is 12.2. The second-order valence-electron chi connectivity index (χ2n) is 6.74. The second kappa shape index (κ2) is 5.60. The number of hydrogen-bond acceptors (Lipinski definition) is 3. The number of nitrogens with one attached hydrogen (secondary N) is 1. The van der Waals surface area contributed by atoms with Crippen molar-refractivity contribution in [2.24, 2.45) is 11.1 Å². The molecule has 1 aromatic rings. The summed E-state index contributed by atoms with van der Waals surface area (Å²) in [6, 6.07) is 1.64. The fourth-order valence-electron chi connectivity index (χ4n) is 3.03. The minimum absolute atomic E-state index is 0.0154. The monoisotopic (exact) mass is 278 g/mol. The van der Waals surface area contributed by atoms with Crippen LogP contribution < -0.4 is 11.1 Å².